The van der Waals surface area contributed by atoms with Crippen LogP contribution in [0.25, 0.3) is 0 Å². The topological polar surface area (TPSA) is 35.5 Å². The van der Waals surface area contributed by atoms with Crippen molar-refractivity contribution < 1.29 is 14.3 Å². The van der Waals surface area contributed by atoms with Gasteiger partial charge >= 0.3 is 6.16 Å². The smallest absolute Gasteiger partial charge is 0.438 e. The van der Waals surface area contributed by atoms with Crippen molar-refractivity contribution in [2.45, 2.75) is 46.1 Å². The van der Waals surface area contributed by atoms with Crippen molar-refractivity contribution in [1.82, 2.24) is 0 Å². The number of hydrogen-bond acceptors (Lipinski definition) is 3. The quantitative estimate of drug-likeness (QED) is 0.662. The van der Waals surface area contributed by atoms with Crippen molar-refractivity contribution in [2.24, 2.45) is 17.8 Å². The van der Waals surface area contributed by atoms with E-state index in [-0.39, 0.29) is 6.10 Å². The van der Waals surface area contributed by atoms with Crippen LogP contribution in [0.3, 0.4) is 0 Å². The Balaban J connectivity index is 2.57. The molecule has 1 aliphatic carbocycles. The van der Waals surface area contributed by atoms with Gasteiger partial charge in [-0.1, -0.05) is 27.2 Å². The third-order valence-corrected chi connectivity index (χ3v) is 3.38. The molecule has 0 aromatic heterocycles. The zero-order valence-corrected chi connectivity index (χ0v) is 10.2. The molecule has 3 nitrogen and oxygen atoms in total. The second-order valence-corrected chi connectivity index (χ2v) is 4.94. The largest absolute Gasteiger partial charge is 0.508 e. The molecular formula is C12H22O3. The highest BCUT2D eigenvalue weighted by molar-refractivity contribution is 5.59. The van der Waals surface area contributed by atoms with E-state index in [9.17, 15) is 4.79 Å². The van der Waals surface area contributed by atoms with Gasteiger partial charge in [0.1, 0.15) is 6.10 Å². The van der Waals surface area contributed by atoms with Gasteiger partial charge in [-0.05, 0) is 30.6 Å². The van der Waals surface area contributed by atoms with Crippen LogP contribution in [0.15, 0.2) is 0 Å². The lowest BCUT2D eigenvalue weighted by atomic mass is 9.75. The highest BCUT2D eigenvalue weighted by Crippen LogP contribution is 2.35. The minimum atomic E-state index is -0.542. The van der Waals surface area contributed by atoms with Crippen LogP contribution in [0.4, 0.5) is 4.79 Å². The molecule has 15 heavy (non-hydrogen) atoms. The van der Waals surface area contributed by atoms with E-state index in [1.165, 1.54) is 13.5 Å². The molecule has 0 N–H and O–H groups in total. The fourth-order valence-electron chi connectivity index (χ4n) is 2.42. The molecule has 1 aliphatic rings. The van der Waals surface area contributed by atoms with Crippen molar-refractivity contribution in [3.8, 4) is 0 Å². The summed E-state index contributed by atoms with van der Waals surface area (Å²) in [6, 6.07) is 0. The molecule has 0 spiro atoms. The Hall–Kier alpha value is -0.730. The molecular weight excluding hydrogens is 192 g/mol. The van der Waals surface area contributed by atoms with Gasteiger partial charge in [0.25, 0.3) is 0 Å². The molecule has 0 heterocycles. The first-order valence-electron chi connectivity index (χ1n) is 5.79. The Morgan fingerprint density at radius 1 is 1.33 bits per heavy atom. The van der Waals surface area contributed by atoms with Gasteiger partial charge in [0.15, 0.2) is 0 Å². The van der Waals surface area contributed by atoms with Gasteiger partial charge in [0.05, 0.1) is 7.11 Å². The van der Waals surface area contributed by atoms with Crippen LogP contribution in [0.1, 0.15) is 40.0 Å². The van der Waals surface area contributed by atoms with Gasteiger partial charge in [-0.25, -0.2) is 4.79 Å². The number of hydrogen-bond donors (Lipinski definition) is 0. The first kappa shape index (κ1) is 12.3. The van der Waals surface area contributed by atoms with E-state index in [4.69, 9.17) is 4.74 Å². The zero-order valence-electron chi connectivity index (χ0n) is 10.2. The number of carbonyl (C=O) groups excluding carboxylic acids is 1. The van der Waals surface area contributed by atoms with E-state index < -0.39 is 6.16 Å². The van der Waals surface area contributed by atoms with E-state index in [0.29, 0.717) is 17.8 Å². The number of rotatable bonds is 2. The van der Waals surface area contributed by atoms with Crippen LogP contribution >= 0.6 is 0 Å². The number of ether oxygens (including phenoxy) is 2. The van der Waals surface area contributed by atoms with Crippen LogP contribution in [-0.2, 0) is 9.47 Å². The SMILES string of the molecule is COC(=O)O[C@@H]1C[C@@H](C)CC[C@H]1C(C)C. The van der Waals surface area contributed by atoms with Crippen molar-refractivity contribution >= 4 is 6.16 Å². The highest BCUT2D eigenvalue weighted by Gasteiger charge is 2.33. The molecule has 0 saturated heterocycles. The van der Waals surface area contributed by atoms with Crippen molar-refractivity contribution in [1.29, 1.82) is 0 Å². The summed E-state index contributed by atoms with van der Waals surface area (Å²) in [7, 11) is 1.36. The van der Waals surface area contributed by atoms with E-state index in [0.717, 1.165) is 12.8 Å². The molecule has 1 fully saturated rings. The maximum Gasteiger partial charge on any atom is 0.508 e. The van der Waals surface area contributed by atoms with Gasteiger partial charge < -0.3 is 9.47 Å². The Labute approximate surface area is 92.1 Å². The molecule has 3 atom stereocenters. The third kappa shape index (κ3) is 3.40. The molecule has 3 heteroatoms. The summed E-state index contributed by atoms with van der Waals surface area (Å²) in [5, 5.41) is 0. The average molecular weight is 214 g/mol. The first-order valence-corrected chi connectivity index (χ1v) is 5.79. The molecule has 0 radical (unpaired) electrons. The Morgan fingerprint density at radius 2 is 2.00 bits per heavy atom. The van der Waals surface area contributed by atoms with Gasteiger partial charge in [0.2, 0.25) is 0 Å². The number of methoxy groups -OCH3 is 1. The monoisotopic (exact) mass is 214 g/mol. The minimum Gasteiger partial charge on any atom is -0.438 e. The second kappa shape index (κ2) is 5.38. The van der Waals surface area contributed by atoms with Crippen molar-refractivity contribution in [3.05, 3.63) is 0 Å². The van der Waals surface area contributed by atoms with Crippen LogP contribution in [0, 0.1) is 17.8 Å². The van der Waals surface area contributed by atoms with Crippen LogP contribution in [-0.4, -0.2) is 19.4 Å². The third-order valence-electron chi connectivity index (χ3n) is 3.38. The predicted molar refractivity (Wildman–Crippen MR) is 58.6 cm³/mol. The standard InChI is InChI=1S/C12H22O3/c1-8(2)10-6-5-9(3)7-11(10)15-12(13)14-4/h8-11H,5-7H2,1-4H3/t9-,10-,11+/m0/s1. The van der Waals surface area contributed by atoms with Crippen LogP contribution < -0.4 is 0 Å². The highest BCUT2D eigenvalue weighted by atomic mass is 16.7. The Bertz CT molecular complexity index is 213. The minimum absolute atomic E-state index is 0.0428. The molecule has 0 bridgehead atoms. The van der Waals surface area contributed by atoms with E-state index in [1.807, 2.05) is 0 Å². The zero-order chi connectivity index (χ0) is 11.4. The Morgan fingerprint density at radius 3 is 2.53 bits per heavy atom. The predicted octanol–water partition coefficient (Wildman–Crippen LogP) is 3.23. The summed E-state index contributed by atoms with van der Waals surface area (Å²) in [6.45, 7) is 6.59. The first-order chi connectivity index (χ1) is 7.04. The lowest BCUT2D eigenvalue weighted by Gasteiger charge is -2.36. The Kier molecular flexibility index (Phi) is 4.43. The molecule has 88 valence electrons. The molecule has 0 unspecified atom stereocenters. The van der Waals surface area contributed by atoms with E-state index >= 15 is 0 Å². The van der Waals surface area contributed by atoms with Crippen molar-refractivity contribution in [2.75, 3.05) is 7.11 Å². The van der Waals surface area contributed by atoms with Gasteiger partial charge in [-0.15, -0.1) is 0 Å². The van der Waals surface area contributed by atoms with Gasteiger partial charge in [-0.2, -0.15) is 0 Å². The summed E-state index contributed by atoms with van der Waals surface area (Å²) in [4.78, 5) is 11.1. The molecule has 0 amide bonds. The van der Waals surface area contributed by atoms with Gasteiger partial charge in [0, 0.05) is 0 Å². The summed E-state index contributed by atoms with van der Waals surface area (Å²) in [5.74, 6) is 1.70. The summed E-state index contributed by atoms with van der Waals surface area (Å²) in [6.07, 6.45) is 2.86. The molecule has 0 aliphatic heterocycles. The molecule has 0 aromatic rings. The lowest BCUT2D eigenvalue weighted by Crippen LogP contribution is -2.35. The van der Waals surface area contributed by atoms with E-state index in [2.05, 4.69) is 25.5 Å². The fraction of sp³-hybridized carbons (Fsp3) is 0.917. The lowest BCUT2D eigenvalue weighted by molar-refractivity contribution is -0.0248. The van der Waals surface area contributed by atoms with Crippen LogP contribution in [0.2, 0.25) is 0 Å². The normalized spacial score (nSPS) is 31.4. The van der Waals surface area contributed by atoms with Crippen molar-refractivity contribution in [3.63, 3.8) is 0 Å². The van der Waals surface area contributed by atoms with E-state index in [1.54, 1.807) is 0 Å². The van der Waals surface area contributed by atoms with Gasteiger partial charge in [-0.3, -0.25) is 0 Å². The molecule has 0 aromatic carbocycles. The summed E-state index contributed by atoms with van der Waals surface area (Å²) in [5.41, 5.74) is 0. The summed E-state index contributed by atoms with van der Waals surface area (Å²) < 4.78 is 9.88. The molecule has 1 rings (SSSR count). The average Bonchev–Trinajstić information content (AvgIpc) is 2.17. The van der Waals surface area contributed by atoms with Crippen LogP contribution in [0.5, 0.6) is 0 Å². The second-order valence-electron chi connectivity index (χ2n) is 4.94. The fourth-order valence-corrected chi connectivity index (χ4v) is 2.42. The maximum atomic E-state index is 11.1. The molecule has 1 saturated carbocycles. The number of carbonyl (C=O) groups is 1. The summed E-state index contributed by atoms with van der Waals surface area (Å²) >= 11 is 0. The maximum absolute atomic E-state index is 11.1.